The summed E-state index contributed by atoms with van der Waals surface area (Å²) in [7, 11) is 0. The zero-order valence-electron chi connectivity index (χ0n) is 42.0. The fourth-order valence-electron chi connectivity index (χ4n) is 10.1. The van der Waals surface area contributed by atoms with Gasteiger partial charge in [-0.1, -0.05) is 189 Å². The maximum absolute atomic E-state index is 6.86. The quantitative estimate of drug-likeness (QED) is 0.101. The van der Waals surface area contributed by atoms with E-state index in [0.717, 1.165) is 90.4 Å². The molecule has 5 nitrogen and oxygen atoms in total. The Morgan fingerprint density at radius 1 is 0.521 bits per heavy atom. The van der Waals surface area contributed by atoms with E-state index in [4.69, 9.17) is 9.72 Å². The van der Waals surface area contributed by atoms with E-state index in [-0.39, 0.29) is 10.8 Å². The lowest BCUT2D eigenvalue weighted by Gasteiger charge is -2.27. The zero-order valence-corrected chi connectivity index (χ0v) is 42.0. The standard InChI is InChI=1S/C66H60N4O/c1-44(2)35-45-33-34-67-63(36-45)70-59-28-16-15-25-57(59)58-31-30-54(42-61(58)70)71-53-24-17-23-52(41-53)68-43-69(62-39-48(29-32-60(62)68)46-19-11-9-12-20-46)64-55(47-21-13-10-14-22-47)26-18-27-56(64)49-37-50(65(3,4)5)40-51(38-49)66(6,7)8/h9-34,36-42,44H,35H2,1-8H3. The number of benzene rings is 8. The molecule has 0 radical (unpaired) electrons. The molecule has 0 unspecified atom stereocenters. The van der Waals surface area contributed by atoms with Crippen LogP contribution in [0.4, 0.5) is 0 Å². The minimum Gasteiger partial charge on any atom is -0.458 e. The third kappa shape index (κ3) is 8.82. The molecule has 0 spiro atoms. The van der Waals surface area contributed by atoms with Crippen LogP contribution in [0.15, 0.2) is 200 Å². The van der Waals surface area contributed by atoms with E-state index in [2.05, 4.69) is 263 Å². The molecule has 71 heavy (non-hydrogen) atoms. The summed E-state index contributed by atoms with van der Waals surface area (Å²) in [5, 5.41) is 2.33. The fraction of sp³-hybridized carbons (Fsp3) is 0.182. The first-order valence-electron chi connectivity index (χ1n) is 24.9. The van der Waals surface area contributed by atoms with Crippen molar-refractivity contribution in [2.45, 2.75) is 72.6 Å². The Labute approximate surface area is 418 Å². The number of pyridine rings is 1. The highest BCUT2D eigenvalue weighted by molar-refractivity contribution is 6.09. The van der Waals surface area contributed by atoms with Crippen LogP contribution in [-0.2, 0) is 17.3 Å². The third-order valence-corrected chi connectivity index (χ3v) is 13.7. The number of ether oxygens (including phenoxy) is 1. The summed E-state index contributed by atoms with van der Waals surface area (Å²) < 4.78 is 13.6. The lowest BCUT2D eigenvalue weighted by molar-refractivity contribution is -0.571. The van der Waals surface area contributed by atoms with Gasteiger partial charge in [-0.15, -0.1) is 0 Å². The van der Waals surface area contributed by atoms with Gasteiger partial charge in [0.1, 0.15) is 17.3 Å². The molecule has 0 N–H and O–H groups in total. The van der Waals surface area contributed by atoms with Gasteiger partial charge in [-0.05, 0) is 128 Å². The Morgan fingerprint density at radius 3 is 1.89 bits per heavy atom. The molecule has 11 rings (SSSR count). The topological polar surface area (TPSA) is 35.9 Å². The van der Waals surface area contributed by atoms with Crippen LogP contribution in [0.5, 0.6) is 11.5 Å². The molecular weight excluding hydrogens is 865 g/mol. The fourth-order valence-corrected chi connectivity index (χ4v) is 10.1. The smallest absolute Gasteiger partial charge is 0.269 e. The van der Waals surface area contributed by atoms with E-state index >= 15 is 0 Å². The summed E-state index contributed by atoms with van der Waals surface area (Å²) >= 11 is 0. The van der Waals surface area contributed by atoms with Crippen LogP contribution in [0.25, 0.3) is 83.4 Å². The van der Waals surface area contributed by atoms with Crippen LogP contribution in [-0.4, -0.2) is 14.1 Å². The normalized spacial score (nSPS) is 12.1. The molecule has 3 heterocycles. The van der Waals surface area contributed by atoms with E-state index in [1.54, 1.807) is 0 Å². The van der Waals surface area contributed by atoms with E-state index in [9.17, 15) is 0 Å². The van der Waals surface area contributed by atoms with Crippen molar-refractivity contribution < 1.29 is 9.30 Å². The minimum atomic E-state index is -0.0549. The Hall–Kier alpha value is -8.02. The highest BCUT2D eigenvalue weighted by Crippen LogP contribution is 2.40. The number of aromatic nitrogens is 4. The summed E-state index contributed by atoms with van der Waals surface area (Å²) in [6.07, 6.45) is 6.87. The number of imidazole rings is 1. The molecule has 0 fully saturated rings. The Bertz CT molecular complexity index is 3720. The van der Waals surface area contributed by atoms with Crippen LogP contribution in [0.3, 0.4) is 0 Å². The number of hydrogen-bond donors (Lipinski definition) is 0. The van der Waals surface area contributed by atoms with E-state index < -0.39 is 0 Å². The van der Waals surface area contributed by atoms with Gasteiger partial charge in [0.15, 0.2) is 0 Å². The lowest BCUT2D eigenvalue weighted by atomic mass is 9.78. The van der Waals surface area contributed by atoms with Gasteiger partial charge < -0.3 is 4.74 Å². The van der Waals surface area contributed by atoms with Crippen LogP contribution in [0.1, 0.15) is 72.1 Å². The molecule has 350 valence electrons. The summed E-state index contributed by atoms with van der Waals surface area (Å²) in [6, 6.07) is 69.8. The summed E-state index contributed by atoms with van der Waals surface area (Å²) in [5.41, 5.74) is 16.9. The number of fused-ring (bicyclic) bond motifs is 4. The van der Waals surface area contributed by atoms with Gasteiger partial charge in [0.2, 0.25) is 0 Å². The van der Waals surface area contributed by atoms with Crippen LogP contribution in [0.2, 0.25) is 0 Å². The molecule has 11 aromatic rings. The molecule has 0 aliphatic carbocycles. The molecule has 0 saturated carbocycles. The average molecular weight is 925 g/mol. The monoisotopic (exact) mass is 924 g/mol. The van der Waals surface area contributed by atoms with Crippen LogP contribution >= 0.6 is 0 Å². The Balaban J connectivity index is 1.09. The van der Waals surface area contributed by atoms with Crippen LogP contribution < -0.4 is 9.30 Å². The van der Waals surface area contributed by atoms with Crippen molar-refractivity contribution >= 4 is 32.8 Å². The number of para-hydroxylation sites is 2. The third-order valence-electron chi connectivity index (χ3n) is 13.7. The first kappa shape index (κ1) is 45.4. The zero-order chi connectivity index (χ0) is 49.0. The predicted octanol–water partition coefficient (Wildman–Crippen LogP) is 16.8. The first-order valence-corrected chi connectivity index (χ1v) is 24.9. The Morgan fingerprint density at radius 2 is 1.17 bits per heavy atom. The van der Waals surface area contributed by atoms with Crippen molar-refractivity contribution in [3.05, 3.63) is 223 Å². The molecule has 0 bridgehead atoms. The van der Waals surface area contributed by atoms with Crippen molar-refractivity contribution in [1.82, 2.24) is 14.1 Å². The molecular formula is C66H60N4O. The van der Waals surface area contributed by atoms with Gasteiger partial charge in [0, 0.05) is 23.0 Å². The van der Waals surface area contributed by atoms with Gasteiger partial charge >= 0.3 is 0 Å². The van der Waals surface area contributed by atoms with E-state index in [1.165, 1.54) is 27.6 Å². The van der Waals surface area contributed by atoms with Crippen molar-refractivity contribution in [2.75, 3.05) is 0 Å². The van der Waals surface area contributed by atoms with Crippen LogP contribution in [0, 0.1) is 12.2 Å². The maximum Gasteiger partial charge on any atom is 0.269 e. The lowest BCUT2D eigenvalue weighted by Crippen LogP contribution is -2.31. The second-order valence-corrected chi connectivity index (χ2v) is 21.5. The number of nitrogens with zero attached hydrogens (tertiary/aromatic N) is 4. The second-order valence-electron chi connectivity index (χ2n) is 21.5. The van der Waals surface area contributed by atoms with Gasteiger partial charge in [0.25, 0.3) is 6.33 Å². The van der Waals surface area contributed by atoms with Gasteiger partial charge in [0.05, 0.1) is 33.4 Å². The second kappa shape index (κ2) is 18.1. The Kier molecular flexibility index (Phi) is 11.6. The van der Waals surface area contributed by atoms with Crippen molar-refractivity contribution in [1.29, 1.82) is 0 Å². The first-order chi connectivity index (χ1) is 34.3. The SMILES string of the molecule is CC(C)Cc1ccnc(-n2c3ccccc3c3ccc(Oc4cccc(-n5[c-][n+](-c6c(-c7ccccc7)cccc6-c6cc(C(C)(C)C)cc(C(C)(C)C)c6)c6cc(-c7ccccc7)ccc65)c4)cc32)c1. The number of rotatable bonds is 10. The molecule has 0 atom stereocenters. The minimum absolute atomic E-state index is 0.0549. The molecule has 3 aromatic heterocycles. The van der Waals surface area contributed by atoms with Crippen molar-refractivity contribution in [2.24, 2.45) is 5.92 Å². The van der Waals surface area contributed by atoms with Crippen molar-refractivity contribution in [3.8, 4) is 62.1 Å². The molecule has 0 aliphatic rings. The van der Waals surface area contributed by atoms with Crippen molar-refractivity contribution in [3.63, 3.8) is 0 Å². The van der Waals surface area contributed by atoms with Gasteiger partial charge in [-0.2, -0.15) is 0 Å². The summed E-state index contributed by atoms with van der Waals surface area (Å²) in [4.78, 5) is 4.91. The summed E-state index contributed by atoms with van der Waals surface area (Å²) in [5.74, 6) is 2.91. The molecule has 0 amide bonds. The maximum atomic E-state index is 6.86. The predicted molar refractivity (Wildman–Crippen MR) is 295 cm³/mol. The summed E-state index contributed by atoms with van der Waals surface area (Å²) in [6.45, 7) is 18.4. The van der Waals surface area contributed by atoms with Gasteiger partial charge in [-0.3, -0.25) is 13.7 Å². The molecule has 0 saturated heterocycles. The van der Waals surface area contributed by atoms with E-state index in [0.29, 0.717) is 5.92 Å². The van der Waals surface area contributed by atoms with E-state index in [1.807, 2.05) is 12.3 Å². The highest BCUT2D eigenvalue weighted by Gasteiger charge is 2.25. The van der Waals surface area contributed by atoms with Gasteiger partial charge in [-0.25, -0.2) is 4.98 Å². The molecule has 5 heteroatoms. The number of hydrogen-bond acceptors (Lipinski definition) is 2. The largest absolute Gasteiger partial charge is 0.458 e. The average Bonchev–Trinajstić information content (AvgIpc) is 3.91. The highest BCUT2D eigenvalue weighted by atomic mass is 16.5. The molecule has 8 aromatic carbocycles. The molecule has 0 aliphatic heterocycles.